The predicted molar refractivity (Wildman–Crippen MR) is 101 cm³/mol. The largest absolute Gasteiger partial charge is 0.478 e. The van der Waals surface area contributed by atoms with Crippen LogP contribution in [0.2, 0.25) is 5.15 Å². The van der Waals surface area contributed by atoms with Crippen molar-refractivity contribution in [3.05, 3.63) is 70.9 Å². The van der Waals surface area contributed by atoms with Crippen LogP contribution in [-0.2, 0) is 10.0 Å². The second kappa shape index (κ2) is 7.34. The molecule has 7 nitrogen and oxygen atoms in total. The normalized spacial score (nSPS) is 11.2. The molecule has 2 aromatic carbocycles. The van der Waals surface area contributed by atoms with Crippen molar-refractivity contribution in [2.45, 2.75) is 11.8 Å². The fourth-order valence-corrected chi connectivity index (χ4v) is 3.61. The van der Waals surface area contributed by atoms with E-state index in [1.54, 1.807) is 0 Å². The molecule has 0 spiro atoms. The number of aryl methyl sites for hydroxylation is 1. The molecule has 3 aromatic rings. The van der Waals surface area contributed by atoms with Gasteiger partial charge in [0, 0.05) is 11.6 Å². The zero-order chi connectivity index (χ0) is 19.6. The van der Waals surface area contributed by atoms with Gasteiger partial charge < -0.3 is 5.11 Å². The number of anilines is 1. The molecule has 0 atom stereocenters. The summed E-state index contributed by atoms with van der Waals surface area (Å²) < 4.78 is 27.4. The van der Waals surface area contributed by atoms with Crippen LogP contribution >= 0.6 is 11.6 Å². The van der Waals surface area contributed by atoms with E-state index in [1.165, 1.54) is 24.3 Å². The first-order chi connectivity index (χ1) is 12.8. The Morgan fingerprint density at radius 1 is 1.07 bits per heavy atom. The average Bonchev–Trinajstić information content (AvgIpc) is 2.61. The van der Waals surface area contributed by atoms with Gasteiger partial charge >= 0.3 is 5.97 Å². The Balaban J connectivity index is 1.99. The van der Waals surface area contributed by atoms with Gasteiger partial charge in [0.15, 0.2) is 0 Å². The molecule has 0 radical (unpaired) electrons. The Bertz CT molecular complexity index is 1130. The van der Waals surface area contributed by atoms with Crippen molar-refractivity contribution in [3.8, 4) is 11.3 Å². The van der Waals surface area contributed by atoms with Gasteiger partial charge in [-0.25, -0.2) is 27.9 Å². The van der Waals surface area contributed by atoms with Crippen molar-refractivity contribution in [1.29, 1.82) is 0 Å². The zero-order valence-corrected chi connectivity index (χ0v) is 15.6. The number of sulfonamides is 1. The molecule has 0 aliphatic heterocycles. The molecule has 0 saturated carbocycles. The summed E-state index contributed by atoms with van der Waals surface area (Å²) in [5.74, 6) is -1.44. The van der Waals surface area contributed by atoms with Crippen LogP contribution in [0.25, 0.3) is 11.3 Å². The molecule has 27 heavy (non-hydrogen) atoms. The van der Waals surface area contributed by atoms with Crippen LogP contribution < -0.4 is 4.72 Å². The molecule has 0 amide bonds. The topological polar surface area (TPSA) is 109 Å². The van der Waals surface area contributed by atoms with Crippen LogP contribution in [0.4, 0.5) is 5.95 Å². The van der Waals surface area contributed by atoms with Crippen molar-refractivity contribution in [1.82, 2.24) is 9.97 Å². The van der Waals surface area contributed by atoms with E-state index in [1.807, 2.05) is 31.2 Å². The summed E-state index contributed by atoms with van der Waals surface area (Å²) in [4.78, 5) is 19.0. The van der Waals surface area contributed by atoms with Gasteiger partial charge in [-0.2, -0.15) is 0 Å². The number of hydrogen-bond donors (Lipinski definition) is 2. The lowest BCUT2D eigenvalue weighted by molar-refractivity contribution is 0.0696. The molecule has 0 unspecified atom stereocenters. The van der Waals surface area contributed by atoms with Crippen LogP contribution in [0.5, 0.6) is 0 Å². The minimum absolute atomic E-state index is 0.0697. The predicted octanol–water partition coefficient (Wildman–Crippen LogP) is 3.60. The third-order valence-electron chi connectivity index (χ3n) is 3.73. The van der Waals surface area contributed by atoms with Crippen molar-refractivity contribution in [2.75, 3.05) is 4.72 Å². The summed E-state index contributed by atoms with van der Waals surface area (Å²) in [7, 11) is -4.09. The molecule has 1 aromatic heterocycles. The number of aromatic carboxylic acids is 1. The third-order valence-corrected chi connectivity index (χ3v) is 5.25. The first-order valence-corrected chi connectivity index (χ1v) is 9.59. The maximum atomic E-state index is 12.6. The fourth-order valence-electron chi connectivity index (χ4n) is 2.44. The van der Waals surface area contributed by atoms with Gasteiger partial charge in [0.05, 0.1) is 16.2 Å². The SMILES string of the molecule is Cc1ccccc1-c1cc(Cl)nc(NS(=O)(=O)c2cccc(C(=O)O)c2)n1. The second-order valence-electron chi connectivity index (χ2n) is 5.65. The Kier molecular flexibility index (Phi) is 5.11. The van der Waals surface area contributed by atoms with E-state index in [-0.39, 0.29) is 21.6 Å². The van der Waals surface area contributed by atoms with Gasteiger partial charge in [-0.3, -0.25) is 0 Å². The van der Waals surface area contributed by atoms with Gasteiger partial charge in [0.25, 0.3) is 10.0 Å². The second-order valence-corrected chi connectivity index (χ2v) is 7.72. The monoisotopic (exact) mass is 403 g/mol. The summed E-state index contributed by atoms with van der Waals surface area (Å²) in [6, 6.07) is 13.9. The number of rotatable bonds is 5. The van der Waals surface area contributed by atoms with E-state index in [9.17, 15) is 13.2 Å². The number of hydrogen-bond acceptors (Lipinski definition) is 5. The fraction of sp³-hybridized carbons (Fsp3) is 0.0556. The summed E-state index contributed by atoms with van der Waals surface area (Å²) in [5, 5.41) is 9.10. The van der Waals surface area contributed by atoms with E-state index < -0.39 is 16.0 Å². The van der Waals surface area contributed by atoms with Crippen molar-refractivity contribution >= 4 is 33.5 Å². The molecule has 0 aliphatic carbocycles. The molecule has 2 N–H and O–H groups in total. The van der Waals surface area contributed by atoms with Crippen molar-refractivity contribution < 1.29 is 18.3 Å². The van der Waals surface area contributed by atoms with Crippen LogP contribution in [0.1, 0.15) is 15.9 Å². The number of aromatic nitrogens is 2. The molecule has 0 saturated heterocycles. The Labute approximate surface area is 160 Å². The molecule has 138 valence electrons. The standard InChI is InChI=1S/C18H14ClN3O4S/c1-11-5-2-3-8-14(11)15-10-16(19)21-18(20-15)22-27(25,26)13-7-4-6-12(9-13)17(23)24/h2-10H,1H3,(H,23,24)(H,20,21,22). The molecule has 1 heterocycles. The molecule has 0 bridgehead atoms. The van der Waals surface area contributed by atoms with E-state index in [0.29, 0.717) is 5.69 Å². The summed E-state index contributed by atoms with van der Waals surface area (Å²) in [6.07, 6.45) is 0. The van der Waals surface area contributed by atoms with Gasteiger partial charge in [-0.15, -0.1) is 0 Å². The highest BCUT2D eigenvalue weighted by molar-refractivity contribution is 7.92. The highest BCUT2D eigenvalue weighted by Crippen LogP contribution is 2.25. The van der Waals surface area contributed by atoms with Gasteiger partial charge in [0.2, 0.25) is 5.95 Å². The summed E-state index contributed by atoms with van der Waals surface area (Å²) >= 11 is 6.03. The smallest absolute Gasteiger partial charge is 0.335 e. The Morgan fingerprint density at radius 2 is 1.81 bits per heavy atom. The molecular formula is C18H14ClN3O4S. The zero-order valence-electron chi connectivity index (χ0n) is 14.0. The number of nitrogens with one attached hydrogen (secondary N) is 1. The minimum Gasteiger partial charge on any atom is -0.478 e. The van der Waals surface area contributed by atoms with Crippen LogP contribution in [0.15, 0.2) is 59.5 Å². The van der Waals surface area contributed by atoms with E-state index >= 15 is 0 Å². The van der Waals surface area contributed by atoms with Gasteiger partial charge in [-0.05, 0) is 30.7 Å². The number of nitrogens with zero attached hydrogens (tertiary/aromatic N) is 2. The summed E-state index contributed by atoms with van der Waals surface area (Å²) in [6.45, 7) is 1.90. The molecule has 3 rings (SSSR count). The Morgan fingerprint density at radius 3 is 2.52 bits per heavy atom. The number of carboxylic acid groups (broad SMARTS) is 1. The Hall–Kier alpha value is -2.97. The van der Waals surface area contributed by atoms with Gasteiger partial charge in [-0.1, -0.05) is 41.9 Å². The van der Waals surface area contributed by atoms with Gasteiger partial charge in [0.1, 0.15) is 5.15 Å². The molecular weight excluding hydrogens is 390 g/mol. The van der Waals surface area contributed by atoms with Crippen LogP contribution in [0.3, 0.4) is 0 Å². The van der Waals surface area contributed by atoms with Crippen molar-refractivity contribution in [3.63, 3.8) is 0 Å². The number of carbonyl (C=O) groups is 1. The van der Waals surface area contributed by atoms with Crippen LogP contribution in [0, 0.1) is 6.92 Å². The molecule has 0 aliphatic rings. The van der Waals surface area contributed by atoms with E-state index in [2.05, 4.69) is 14.7 Å². The quantitative estimate of drug-likeness (QED) is 0.630. The average molecular weight is 404 g/mol. The maximum Gasteiger partial charge on any atom is 0.335 e. The minimum atomic E-state index is -4.09. The van der Waals surface area contributed by atoms with E-state index in [0.717, 1.165) is 17.2 Å². The third kappa shape index (κ3) is 4.24. The van der Waals surface area contributed by atoms with Crippen molar-refractivity contribution in [2.24, 2.45) is 0 Å². The number of halogens is 1. The lowest BCUT2D eigenvalue weighted by Crippen LogP contribution is -2.16. The molecule has 9 heteroatoms. The summed E-state index contributed by atoms with van der Waals surface area (Å²) in [5.41, 5.74) is 2.04. The number of carboxylic acids is 1. The first kappa shape index (κ1) is 18.8. The number of benzene rings is 2. The van der Waals surface area contributed by atoms with E-state index in [4.69, 9.17) is 16.7 Å². The highest BCUT2D eigenvalue weighted by Gasteiger charge is 2.19. The molecule has 0 fully saturated rings. The maximum absolute atomic E-state index is 12.6. The lowest BCUT2D eigenvalue weighted by atomic mass is 10.1. The lowest BCUT2D eigenvalue weighted by Gasteiger charge is -2.10. The van der Waals surface area contributed by atoms with Crippen LogP contribution in [-0.4, -0.2) is 29.5 Å². The first-order valence-electron chi connectivity index (χ1n) is 7.73. The highest BCUT2D eigenvalue weighted by atomic mass is 35.5.